The van der Waals surface area contributed by atoms with E-state index in [1.165, 1.54) is 13.3 Å². The number of para-hydroxylation sites is 2. The summed E-state index contributed by atoms with van der Waals surface area (Å²) in [6.45, 7) is 0. The quantitative estimate of drug-likeness (QED) is 0.314. The van der Waals surface area contributed by atoms with E-state index in [0.717, 1.165) is 5.56 Å². The van der Waals surface area contributed by atoms with Crippen molar-refractivity contribution in [3.8, 4) is 39.8 Å². The van der Waals surface area contributed by atoms with Crippen molar-refractivity contribution >= 4 is 12.2 Å². The van der Waals surface area contributed by atoms with Gasteiger partial charge in [0, 0.05) is 16.7 Å². The zero-order valence-corrected chi connectivity index (χ0v) is 16.7. The molecule has 0 saturated carbocycles. The van der Waals surface area contributed by atoms with Gasteiger partial charge in [-0.1, -0.05) is 48.5 Å². The van der Waals surface area contributed by atoms with E-state index in [9.17, 15) is 10.2 Å². The van der Waals surface area contributed by atoms with Gasteiger partial charge in [0.2, 0.25) is 5.95 Å². The highest BCUT2D eigenvalue weighted by Crippen LogP contribution is 2.31. The van der Waals surface area contributed by atoms with Gasteiger partial charge in [0.1, 0.15) is 5.75 Å². The van der Waals surface area contributed by atoms with Crippen molar-refractivity contribution in [2.45, 2.75) is 0 Å². The first-order valence-corrected chi connectivity index (χ1v) is 9.53. The summed E-state index contributed by atoms with van der Waals surface area (Å²) >= 11 is 0. The van der Waals surface area contributed by atoms with E-state index in [2.05, 4.69) is 20.5 Å². The van der Waals surface area contributed by atoms with Gasteiger partial charge in [0.05, 0.1) is 24.7 Å². The summed E-state index contributed by atoms with van der Waals surface area (Å²) in [6.07, 6.45) is 1.45. The monoisotopic (exact) mass is 412 g/mol. The Bertz CT molecular complexity index is 1230. The highest BCUT2D eigenvalue weighted by molar-refractivity contribution is 5.85. The first-order chi connectivity index (χ1) is 15.2. The van der Waals surface area contributed by atoms with Crippen LogP contribution in [0.1, 0.15) is 5.56 Å². The molecule has 0 radical (unpaired) electrons. The Hall–Kier alpha value is -4.39. The number of hydrazone groups is 1. The molecule has 0 spiro atoms. The number of hydrogen-bond acceptors (Lipinski definition) is 7. The van der Waals surface area contributed by atoms with Crippen LogP contribution in [-0.4, -0.2) is 33.5 Å². The maximum absolute atomic E-state index is 10.3. The highest BCUT2D eigenvalue weighted by Gasteiger charge is 2.11. The Morgan fingerprint density at radius 3 is 2.39 bits per heavy atom. The molecule has 7 heteroatoms. The van der Waals surface area contributed by atoms with E-state index >= 15 is 0 Å². The molecule has 0 saturated heterocycles. The van der Waals surface area contributed by atoms with E-state index in [4.69, 9.17) is 4.74 Å². The number of ether oxygens (including phenoxy) is 1. The number of benzene rings is 3. The van der Waals surface area contributed by atoms with Gasteiger partial charge in [-0.2, -0.15) is 5.10 Å². The molecule has 1 heterocycles. The zero-order valence-electron chi connectivity index (χ0n) is 16.7. The van der Waals surface area contributed by atoms with E-state index in [1.807, 2.05) is 42.5 Å². The summed E-state index contributed by atoms with van der Waals surface area (Å²) in [4.78, 5) is 9.04. The maximum atomic E-state index is 10.3. The second kappa shape index (κ2) is 8.96. The zero-order chi connectivity index (χ0) is 21.6. The number of hydrogen-bond donors (Lipinski definition) is 3. The average Bonchev–Trinajstić information content (AvgIpc) is 2.81. The Labute approximate surface area is 179 Å². The highest BCUT2D eigenvalue weighted by atomic mass is 16.5. The van der Waals surface area contributed by atoms with E-state index in [-0.39, 0.29) is 17.4 Å². The third kappa shape index (κ3) is 4.45. The predicted octanol–water partition coefficient (Wildman–Crippen LogP) is 4.68. The minimum Gasteiger partial charge on any atom is -0.507 e. The molecule has 0 atom stereocenters. The Balaban J connectivity index is 1.70. The molecular weight excluding hydrogens is 392 g/mol. The SMILES string of the molecule is COc1cccc(/C=N/Nc2nc(-c3ccccc3)cc(-c3ccccc3O)n2)c1O. The summed E-state index contributed by atoms with van der Waals surface area (Å²) < 4.78 is 5.11. The molecule has 0 aliphatic rings. The molecule has 0 aliphatic heterocycles. The normalized spacial score (nSPS) is 10.9. The fraction of sp³-hybridized carbons (Fsp3) is 0.0417. The van der Waals surface area contributed by atoms with Crippen LogP contribution in [0.25, 0.3) is 22.5 Å². The molecule has 31 heavy (non-hydrogen) atoms. The van der Waals surface area contributed by atoms with Crippen LogP contribution in [0.5, 0.6) is 17.2 Å². The lowest BCUT2D eigenvalue weighted by atomic mass is 10.1. The van der Waals surface area contributed by atoms with Crippen LogP contribution >= 0.6 is 0 Å². The molecule has 0 bridgehead atoms. The van der Waals surface area contributed by atoms with Gasteiger partial charge in [0.15, 0.2) is 11.5 Å². The summed E-state index contributed by atoms with van der Waals surface area (Å²) in [7, 11) is 1.48. The molecular formula is C24H20N4O3. The minimum absolute atomic E-state index is 0.00981. The number of aromatic hydroxyl groups is 2. The number of nitrogens with zero attached hydrogens (tertiary/aromatic N) is 3. The minimum atomic E-state index is -0.00981. The Morgan fingerprint density at radius 1 is 0.871 bits per heavy atom. The van der Waals surface area contributed by atoms with E-state index < -0.39 is 0 Å². The number of nitrogens with one attached hydrogen (secondary N) is 1. The van der Waals surface area contributed by atoms with Crippen molar-refractivity contribution in [2.75, 3.05) is 12.5 Å². The van der Waals surface area contributed by atoms with Crippen LogP contribution in [0.3, 0.4) is 0 Å². The molecule has 0 amide bonds. The van der Waals surface area contributed by atoms with Crippen molar-refractivity contribution < 1.29 is 14.9 Å². The van der Waals surface area contributed by atoms with Gasteiger partial charge < -0.3 is 14.9 Å². The molecule has 154 valence electrons. The average molecular weight is 412 g/mol. The first-order valence-electron chi connectivity index (χ1n) is 9.53. The number of aromatic nitrogens is 2. The number of rotatable bonds is 6. The van der Waals surface area contributed by atoms with Gasteiger partial charge >= 0.3 is 0 Å². The lowest BCUT2D eigenvalue weighted by molar-refractivity contribution is 0.373. The third-order valence-corrected chi connectivity index (χ3v) is 4.59. The van der Waals surface area contributed by atoms with Crippen molar-refractivity contribution in [3.05, 3.63) is 84.4 Å². The summed E-state index contributed by atoms with van der Waals surface area (Å²) in [5.41, 5.74) is 6.00. The molecule has 0 aliphatic carbocycles. The number of anilines is 1. The first kappa shape index (κ1) is 19.9. The number of phenols is 2. The molecule has 3 aromatic carbocycles. The molecule has 1 aromatic heterocycles. The number of phenolic OH excluding ortho intramolecular Hbond substituents is 2. The molecule has 4 rings (SSSR count). The van der Waals surface area contributed by atoms with Crippen molar-refractivity contribution in [2.24, 2.45) is 5.10 Å². The lowest BCUT2D eigenvalue weighted by Gasteiger charge is -2.09. The smallest absolute Gasteiger partial charge is 0.244 e. The predicted molar refractivity (Wildman–Crippen MR) is 120 cm³/mol. The van der Waals surface area contributed by atoms with Crippen molar-refractivity contribution in [3.63, 3.8) is 0 Å². The van der Waals surface area contributed by atoms with Crippen LogP contribution in [-0.2, 0) is 0 Å². The number of methoxy groups -OCH3 is 1. The topological polar surface area (TPSA) is 99.9 Å². The van der Waals surface area contributed by atoms with Crippen LogP contribution in [0, 0.1) is 0 Å². The fourth-order valence-corrected chi connectivity index (χ4v) is 3.05. The van der Waals surface area contributed by atoms with Gasteiger partial charge in [0.25, 0.3) is 0 Å². The third-order valence-electron chi connectivity index (χ3n) is 4.59. The van der Waals surface area contributed by atoms with Crippen LogP contribution in [0.4, 0.5) is 5.95 Å². The van der Waals surface area contributed by atoms with Crippen LogP contribution < -0.4 is 10.2 Å². The molecule has 0 unspecified atom stereocenters. The van der Waals surface area contributed by atoms with E-state index in [1.54, 1.807) is 36.4 Å². The van der Waals surface area contributed by atoms with Gasteiger partial charge in [-0.3, -0.25) is 0 Å². The van der Waals surface area contributed by atoms with Crippen LogP contribution in [0.15, 0.2) is 84.0 Å². The summed E-state index contributed by atoms with van der Waals surface area (Å²) in [5, 5.41) is 24.6. The summed E-state index contributed by atoms with van der Waals surface area (Å²) in [6, 6.07) is 23.6. The molecule has 0 fully saturated rings. The second-order valence-corrected chi connectivity index (χ2v) is 6.61. The Morgan fingerprint density at radius 2 is 1.61 bits per heavy atom. The Kier molecular flexibility index (Phi) is 5.75. The summed E-state index contributed by atoms with van der Waals surface area (Å²) in [5.74, 6) is 0.715. The van der Waals surface area contributed by atoms with Crippen molar-refractivity contribution in [1.82, 2.24) is 9.97 Å². The maximum Gasteiger partial charge on any atom is 0.244 e. The van der Waals surface area contributed by atoms with Gasteiger partial charge in [-0.05, 0) is 30.3 Å². The molecule has 3 N–H and O–H groups in total. The van der Waals surface area contributed by atoms with Gasteiger partial charge in [-0.25, -0.2) is 15.4 Å². The molecule has 7 nitrogen and oxygen atoms in total. The van der Waals surface area contributed by atoms with E-state index in [0.29, 0.717) is 28.3 Å². The second-order valence-electron chi connectivity index (χ2n) is 6.61. The largest absolute Gasteiger partial charge is 0.507 e. The van der Waals surface area contributed by atoms with Crippen LogP contribution in [0.2, 0.25) is 0 Å². The standard InChI is InChI=1S/C24H20N4O3/c1-31-22-13-7-10-17(23(22)30)15-25-28-24-26-19(16-8-3-2-4-9-16)14-20(27-24)18-11-5-6-12-21(18)29/h2-15,29-30H,1H3,(H,26,27,28)/b25-15+. The molecule has 4 aromatic rings. The lowest BCUT2D eigenvalue weighted by Crippen LogP contribution is -2.00. The fourth-order valence-electron chi connectivity index (χ4n) is 3.05. The van der Waals surface area contributed by atoms with Crippen molar-refractivity contribution in [1.29, 1.82) is 0 Å². The van der Waals surface area contributed by atoms with Gasteiger partial charge in [-0.15, -0.1) is 0 Å².